The molecule has 0 aliphatic carbocycles. The molecule has 0 heterocycles. The topological polar surface area (TPSA) is 174 Å². The first-order valence-corrected chi connectivity index (χ1v) is 19.5. The molecule has 0 aromatic carbocycles. The van der Waals surface area contributed by atoms with Crippen LogP contribution in [0.2, 0.25) is 0 Å². The Morgan fingerprint density at radius 2 is 0.720 bits per heavy atom. The maximum absolute atomic E-state index is 14.0. The third kappa shape index (κ3) is 18.3. The van der Waals surface area contributed by atoms with Gasteiger partial charge in [-0.2, -0.15) is 0 Å². The van der Waals surface area contributed by atoms with Gasteiger partial charge in [-0.3, -0.25) is 5.32 Å². The van der Waals surface area contributed by atoms with Gasteiger partial charge in [-0.15, -0.1) is 0 Å². The summed E-state index contributed by atoms with van der Waals surface area (Å²) < 4.78 is 21.5. The zero-order valence-electron chi connectivity index (χ0n) is 32.1. The van der Waals surface area contributed by atoms with E-state index < -0.39 is 35.0 Å². The lowest BCUT2D eigenvalue weighted by Gasteiger charge is -2.39. The van der Waals surface area contributed by atoms with Crippen LogP contribution >= 0.6 is 0 Å². The van der Waals surface area contributed by atoms with E-state index in [1.807, 2.05) is 27.7 Å². The van der Waals surface area contributed by atoms with Crippen molar-refractivity contribution in [1.82, 2.24) is 21.3 Å². The fraction of sp³-hybridized carbons (Fsp3) is 0.892. The van der Waals surface area contributed by atoms with Gasteiger partial charge < -0.3 is 40.0 Å². The first kappa shape index (κ1) is 47.7. The molecular formula is C37H72N4O9. The highest BCUT2D eigenvalue weighted by Crippen LogP contribution is 2.31. The molecule has 0 saturated carbocycles. The Morgan fingerprint density at radius 1 is 0.420 bits per heavy atom. The molecule has 294 valence electrons. The number of carbonyl (C=O) groups excluding carboxylic acids is 4. The van der Waals surface area contributed by atoms with Crippen molar-refractivity contribution >= 4 is 23.9 Å². The summed E-state index contributed by atoms with van der Waals surface area (Å²) in [6.45, 7) is 14.9. The lowest BCUT2D eigenvalue weighted by atomic mass is 9.78. The van der Waals surface area contributed by atoms with Gasteiger partial charge in [0.05, 0.1) is 26.4 Å². The number of unbranched alkanes of at least 4 members (excludes halogenated alkanes) is 7. The minimum Gasteiger partial charge on any atom is -0.464 e. The van der Waals surface area contributed by atoms with E-state index in [-0.39, 0.29) is 33.0 Å². The number of nitrogens with one attached hydrogen (secondary N) is 4. The average Bonchev–Trinajstić information content (AvgIpc) is 3.11. The van der Waals surface area contributed by atoms with Crippen molar-refractivity contribution in [2.75, 3.05) is 72.2 Å². The molecule has 0 amide bonds. The van der Waals surface area contributed by atoms with Gasteiger partial charge >= 0.3 is 23.9 Å². The number of aliphatic hydroxyl groups is 1. The maximum atomic E-state index is 14.0. The molecule has 5 N–H and O–H groups in total. The summed E-state index contributed by atoms with van der Waals surface area (Å²) in [6.07, 6.45) is 11.2. The van der Waals surface area contributed by atoms with Crippen molar-refractivity contribution in [1.29, 1.82) is 0 Å². The van der Waals surface area contributed by atoms with E-state index in [4.69, 9.17) is 18.9 Å². The van der Waals surface area contributed by atoms with Crippen LogP contribution in [-0.4, -0.2) is 112 Å². The van der Waals surface area contributed by atoms with Gasteiger partial charge in [0, 0.05) is 0 Å². The molecule has 0 aromatic rings. The molecule has 0 aliphatic rings. The second-order valence-corrected chi connectivity index (χ2v) is 12.7. The van der Waals surface area contributed by atoms with Crippen molar-refractivity contribution in [3.8, 4) is 0 Å². The molecule has 0 fully saturated rings. The Labute approximate surface area is 302 Å². The highest BCUT2D eigenvalue weighted by molar-refractivity contribution is 6.20. The predicted molar refractivity (Wildman–Crippen MR) is 196 cm³/mol. The van der Waals surface area contributed by atoms with Gasteiger partial charge in [0.2, 0.25) is 0 Å². The molecule has 50 heavy (non-hydrogen) atoms. The van der Waals surface area contributed by atoms with Crippen molar-refractivity contribution in [2.24, 2.45) is 0 Å². The monoisotopic (exact) mass is 717 g/mol. The Bertz CT molecular complexity index is 847. The van der Waals surface area contributed by atoms with Crippen LogP contribution in [0.25, 0.3) is 0 Å². The van der Waals surface area contributed by atoms with E-state index in [2.05, 4.69) is 28.2 Å². The Kier molecular flexibility index (Phi) is 30.0. The van der Waals surface area contributed by atoms with Crippen molar-refractivity contribution in [3.63, 3.8) is 0 Å². The van der Waals surface area contributed by atoms with Crippen molar-refractivity contribution in [2.45, 2.75) is 142 Å². The van der Waals surface area contributed by atoms with E-state index in [1.54, 1.807) is 0 Å². The zero-order chi connectivity index (χ0) is 37.4. The van der Waals surface area contributed by atoms with Crippen LogP contribution in [0.4, 0.5) is 0 Å². The van der Waals surface area contributed by atoms with E-state index in [0.717, 1.165) is 58.4 Å². The standard InChI is InChI=1S/C37H72N4O9/c1-6-11-28-47-32(42)36(33(43)48-29-12-7-2,37(46,34(44)49-30-13-8-3)35(45)50-31-14-9-4)41-27-20-19-26-40-25-18-17-24-39-23-16-15-22-38-21-10-5/h38-41,46H,6-31H2,1-5H3. The van der Waals surface area contributed by atoms with Gasteiger partial charge in [0.25, 0.3) is 11.1 Å². The summed E-state index contributed by atoms with van der Waals surface area (Å²) in [5.41, 5.74) is -6.35. The molecule has 0 spiro atoms. The van der Waals surface area contributed by atoms with Crippen LogP contribution < -0.4 is 21.3 Å². The van der Waals surface area contributed by atoms with Gasteiger partial charge in [-0.25, -0.2) is 19.2 Å². The first-order chi connectivity index (χ1) is 24.2. The summed E-state index contributed by atoms with van der Waals surface area (Å²) in [7, 11) is 0. The van der Waals surface area contributed by atoms with Crippen LogP contribution in [0, 0.1) is 0 Å². The van der Waals surface area contributed by atoms with Gasteiger partial charge in [0.15, 0.2) is 0 Å². The minimum atomic E-state index is -3.40. The number of hydrogen-bond acceptors (Lipinski definition) is 13. The molecule has 0 aliphatic heterocycles. The average molecular weight is 717 g/mol. The maximum Gasteiger partial charge on any atom is 0.353 e. The van der Waals surface area contributed by atoms with E-state index in [0.29, 0.717) is 70.8 Å². The van der Waals surface area contributed by atoms with Crippen LogP contribution in [-0.2, 0) is 38.1 Å². The normalized spacial score (nSPS) is 11.7. The molecule has 0 saturated heterocycles. The fourth-order valence-corrected chi connectivity index (χ4v) is 4.91. The van der Waals surface area contributed by atoms with Crippen molar-refractivity contribution in [3.05, 3.63) is 0 Å². The van der Waals surface area contributed by atoms with Crippen LogP contribution in [0.15, 0.2) is 0 Å². The highest BCUT2D eigenvalue weighted by atomic mass is 16.6. The van der Waals surface area contributed by atoms with Crippen LogP contribution in [0.5, 0.6) is 0 Å². The summed E-state index contributed by atoms with van der Waals surface area (Å²) in [5, 5.41) is 25.2. The molecule has 0 atom stereocenters. The number of ether oxygens (including phenoxy) is 4. The Morgan fingerprint density at radius 3 is 1.04 bits per heavy atom. The third-order valence-electron chi connectivity index (χ3n) is 8.18. The molecule has 0 radical (unpaired) electrons. The number of esters is 4. The largest absolute Gasteiger partial charge is 0.464 e. The fourth-order valence-electron chi connectivity index (χ4n) is 4.91. The highest BCUT2D eigenvalue weighted by Gasteiger charge is 2.73. The molecule has 13 heteroatoms. The molecule has 13 nitrogen and oxygen atoms in total. The summed E-state index contributed by atoms with van der Waals surface area (Å²) in [6, 6.07) is 0. The first-order valence-electron chi connectivity index (χ1n) is 19.5. The lowest BCUT2D eigenvalue weighted by Crippen LogP contribution is -2.78. The predicted octanol–water partition coefficient (Wildman–Crippen LogP) is 3.94. The third-order valence-corrected chi connectivity index (χ3v) is 8.18. The number of carbonyl (C=O) groups is 4. The van der Waals surface area contributed by atoms with E-state index in [1.165, 1.54) is 6.42 Å². The minimum absolute atomic E-state index is 0.0158. The lowest BCUT2D eigenvalue weighted by molar-refractivity contribution is -0.208. The van der Waals surface area contributed by atoms with Gasteiger partial charge in [0.1, 0.15) is 0 Å². The molecular weight excluding hydrogens is 644 g/mol. The number of rotatable bonds is 35. The quantitative estimate of drug-likeness (QED) is 0.0277. The van der Waals surface area contributed by atoms with E-state index >= 15 is 0 Å². The van der Waals surface area contributed by atoms with Crippen LogP contribution in [0.3, 0.4) is 0 Å². The number of hydrogen-bond donors (Lipinski definition) is 5. The van der Waals surface area contributed by atoms with Gasteiger partial charge in [-0.1, -0.05) is 60.3 Å². The second-order valence-electron chi connectivity index (χ2n) is 12.7. The second kappa shape index (κ2) is 31.4. The smallest absolute Gasteiger partial charge is 0.353 e. The van der Waals surface area contributed by atoms with E-state index in [9.17, 15) is 24.3 Å². The summed E-state index contributed by atoms with van der Waals surface area (Å²) in [5.74, 6) is -5.54. The molecule has 0 bridgehead atoms. The Hall–Kier alpha value is -2.32. The molecule has 0 aromatic heterocycles. The van der Waals surface area contributed by atoms with Crippen molar-refractivity contribution < 1.29 is 43.2 Å². The Balaban J connectivity index is 5.67. The SMILES string of the molecule is CCCCOC(=O)C(O)(C(=O)OCCCC)C(NCCCCNCCCCNCCCCNCCC)(C(=O)OCCCC)C(=O)OCCCC. The molecule has 0 unspecified atom stereocenters. The van der Waals surface area contributed by atoms with Crippen LogP contribution in [0.1, 0.15) is 131 Å². The summed E-state index contributed by atoms with van der Waals surface area (Å²) >= 11 is 0. The zero-order valence-corrected chi connectivity index (χ0v) is 32.1. The summed E-state index contributed by atoms with van der Waals surface area (Å²) in [4.78, 5) is 55.2. The van der Waals surface area contributed by atoms with Gasteiger partial charge in [-0.05, 0) is 116 Å². The molecule has 0 rings (SSSR count).